The summed E-state index contributed by atoms with van der Waals surface area (Å²) in [4.78, 5) is 11.8. The van der Waals surface area contributed by atoms with Crippen molar-refractivity contribution in [2.45, 2.75) is 6.92 Å². The lowest BCUT2D eigenvalue weighted by molar-refractivity contribution is 0.0955. The lowest BCUT2D eigenvalue weighted by Gasteiger charge is -2.00. The minimum atomic E-state index is -0.305. The summed E-state index contributed by atoms with van der Waals surface area (Å²) in [6, 6.07) is 13.1. The number of aryl methyl sites for hydroxylation is 1. The Morgan fingerprint density at radius 3 is 2.63 bits per heavy atom. The molecule has 0 spiro atoms. The summed E-state index contributed by atoms with van der Waals surface area (Å²) in [6.45, 7) is 1.92. The van der Waals surface area contributed by atoms with Crippen LogP contribution < -0.4 is 5.43 Å². The van der Waals surface area contributed by atoms with Gasteiger partial charge in [0.1, 0.15) is 5.82 Å². The summed E-state index contributed by atoms with van der Waals surface area (Å²) in [5.74, 6) is -0.581. The Morgan fingerprint density at radius 2 is 1.95 bits per heavy atom. The highest BCUT2D eigenvalue weighted by atomic mass is 19.1. The van der Waals surface area contributed by atoms with Crippen LogP contribution in [0.4, 0.5) is 4.39 Å². The number of hydrogen-bond acceptors (Lipinski definition) is 2. The fourth-order valence-corrected chi connectivity index (χ4v) is 1.57. The Balaban J connectivity index is 1.98. The van der Waals surface area contributed by atoms with Gasteiger partial charge in [0.2, 0.25) is 0 Å². The molecular formula is C15H13FN2O. The van der Waals surface area contributed by atoms with Crippen molar-refractivity contribution in [1.82, 2.24) is 5.43 Å². The number of carbonyl (C=O) groups is 1. The smallest absolute Gasteiger partial charge is 0.267 e. The minimum Gasteiger partial charge on any atom is -0.267 e. The van der Waals surface area contributed by atoms with Crippen LogP contribution in [0.15, 0.2) is 53.6 Å². The van der Waals surface area contributed by atoms with Gasteiger partial charge in [-0.15, -0.1) is 0 Å². The maximum absolute atomic E-state index is 12.7. The van der Waals surface area contributed by atoms with Crippen LogP contribution in [0.2, 0.25) is 0 Å². The van der Waals surface area contributed by atoms with Gasteiger partial charge in [-0.05, 0) is 36.8 Å². The zero-order valence-corrected chi connectivity index (χ0v) is 10.4. The Kier molecular flexibility index (Phi) is 4.03. The molecule has 0 unspecified atom stereocenters. The van der Waals surface area contributed by atoms with Crippen molar-refractivity contribution in [2.24, 2.45) is 5.10 Å². The first kappa shape index (κ1) is 13.0. The maximum atomic E-state index is 12.7. The second-order valence-electron chi connectivity index (χ2n) is 4.12. The van der Waals surface area contributed by atoms with Gasteiger partial charge in [0.15, 0.2) is 0 Å². The molecule has 2 rings (SSSR count). The van der Waals surface area contributed by atoms with Crippen LogP contribution in [0.25, 0.3) is 0 Å². The van der Waals surface area contributed by atoms with E-state index < -0.39 is 0 Å². The number of nitrogens with zero attached hydrogens (tertiary/aromatic N) is 1. The zero-order valence-electron chi connectivity index (χ0n) is 10.4. The lowest BCUT2D eigenvalue weighted by atomic mass is 10.1. The molecule has 0 aliphatic heterocycles. The Labute approximate surface area is 110 Å². The molecule has 0 fully saturated rings. The highest BCUT2D eigenvalue weighted by Crippen LogP contribution is 2.03. The third-order valence-electron chi connectivity index (χ3n) is 2.53. The van der Waals surface area contributed by atoms with E-state index in [2.05, 4.69) is 10.5 Å². The van der Waals surface area contributed by atoms with Crippen molar-refractivity contribution in [3.05, 3.63) is 71.0 Å². The van der Waals surface area contributed by atoms with Gasteiger partial charge < -0.3 is 0 Å². The summed E-state index contributed by atoms with van der Waals surface area (Å²) < 4.78 is 12.7. The van der Waals surface area contributed by atoms with Gasteiger partial charge in [0, 0.05) is 5.56 Å². The molecule has 3 nitrogen and oxygen atoms in total. The first-order chi connectivity index (χ1) is 9.15. The Hall–Kier alpha value is -2.49. The molecule has 2 aromatic carbocycles. The number of benzene rings is 2. The molecule has 0 radical (unpaired) electrons. The van der Waals surface area contributed by atoms with E-state index in [9.17, 15) is 9.18 Å². The van der Waals surface area contributed by atoms with E-state index in [4.69, 9.17) is 0 Å². The maximum Gasteiger partial charge on any atom is 0.271 e. The van der Waals surface area contributed by atoms with Gasteiger partial charge in [-0.25, -0.2) is 9.82 Å². The molecule has 0 aromatic heterocycles. The quantitative estimate of drug-likeness (QED) is 0.665. The van der Waals surface area contributed by atoms with E-state index in [-0.39, 0.29) is 11.7 Å². The molecule has 4 heteroatoms. The first-order valence-electron chi connectivity index (χ1n) is 5.81. The SMILES string of the molecule is Cc1cccc(C(=O)N/N=C\c2ccc(F)cc2)c1. The van der Waals surface area contributed by atoms with Gasteiger partial charge in [-0.1, -0.05) is 29.8 Å². The third-order valence-corrected chi connectivity index (χ3v) is 2.53. The van der Waals surface area contributed by atoms with Gasteiger partial charge >= 0.3 is 0 Å². The van der Waals surface area contributed by atoms with Crippen molar-refractivity contribution < 1.29 is 9.18 Å². The van der Waals surface area contributed by atoms with Crippen molar-refractivity contribution >= 4 is 12.1 Å². The second kappa shape index (κ2) is 5.91. The number of halogens is 1. The Morgan fingerprint density at radius 1 is 1.21 bits per heavy atom. The molecule has 0 heterocycles. The Bertz CT molecular complexity index is 606. The van der Waals surface area contributed by atoms with Crippen LogP contribution in [0.1, 0.15) is 21.5 Å². The molecule has 0 bridgehead atoms. The highest BCUT2D eigenvalue weighted by Gasteiger charge is 2.02. The van der Waals surface area contributed by atoms with Crippen molar-refractivity contribution in [3.8, 4) is 0 Å². The summed E-state index contributed by atoms with van der Waals surface area (Å²) in [5, 5.41) is 3.83. The molecule has 0 aliphatic carbocycles. The molecule has 0 saturated heterocycles. The second-order valence-corrected chi connectivity index (χ2v) is 4.12. The van der Waals surface area contributed by atoms with E-state index in [0.717, 1.165) is 5.56 Å². The number of carbonyl (C=O) groups excluding carboxylic acids is 1. The monoisotopic (exact) mass is 256 g/mol. The van der Waals surface area contributed by atoms with Crippen LogP contribution in [0.3, 0.4) is 0 Å². The predicted molar refractivity (Wildman–Crippen MR) is 72.6 cm³/mol. The molecule has 0 atom stereocenters. The van der Waals surface area contributed by atoms with Crippen LogP contribution in [0.5, 0.6) is 0 Å². The van der Waals surface area contributed by atoms with Crippen molar-refractivity contribution in [3.63, 3.8) is 0 Å². The van der Waals surface area contributed by atoms with Crippen LogP contribution in [-0.2, 0) is 0 Å². The van der Waals surface area contributed by atoms with Gasteiger partial charge in [0.25, 0.3) is 5.91 Å². The summed E-state index contributed by atoms with van der Waals surface area (Å²) in [7, 11) is 0. The van der Waals surface area contributed by atoms with Gasteiger partial charge in [-0.2, -0.15) is 5.10 Å². The minimum absolute atomic E-state index is 0.276. The summed E-state index contributed by atoms with van der Waals surface area (Å²) in [6.07, 6.45) is 1.47. The normalized spacial score (nSPS) is 10.6. The fourth-order valence-electron chi connectivity index (χ4n) is 1.57. The van der Waals surface area contributed by atoms with Gasteiger partial charge in [0.05, 0.1) is 6.21 Å². The lowest BCUT2D eigenvalue weighted by Crippen LogP contribution is -2.17. The topological polar surface area (TPSA) is 41.5 Å². The number of hydrogen-bond donors (Lipinski definition) is 1. The van der Waals surface area contributed by atoms with Gasteiger partial charge in [-0.3, -0.25) is 4.79 Å². The third kappa shape index (κ3) is 3.74. The van der Waals surface area contributed by atoms with Crippen molar-refractivity contribution in [1.29, 1.82) is 0 Å². The van der Waals surface area contributed by atoms with Crippen molar-refractivity contribution in [2.75, 3.05) is 0 Å². The van der Waals surface area contributed by atoms with E-state index in [1.54, 1.807) is 24.3 Å². The largest absolute Gasteiger partial charge is 0.271 e. The number of rotatable bonds is 3. The number of hydrazone groups is 1. The standard InChI is InChI=1S/C15H13FN2O/c1-11-3-2-4-13(9-11)15(19)18-17-10-12-5-7-14(16)8-6-12/h2-10H,1H3,(H,18,19)/b17-10-. The van der Waals surface area contributed by atoms with E-state index in [1.165, 1.54) is 18.3 Å². The van der Waals surface area contributed by atoms with Crippen LogP contribution in [-0.4, -0.2) is 12.1 Å². The highest BCUT2D eigenvalue weighted by molar-refractivity contribution is 5.95. The van der Waals surface area contributed by atoms with E-state index in [1.807, 2.05) is 19.1 Å². The van der Waals surface area contributed by atoms with Crippen LogP contribution >= 0.6 is 0 Å². The molecule has 0 aliphatic rings. The molecule has 1 N–H and O–H groups in total. The summed E-state index contributed by atoms with van der Waals surface area (Å²) >= 11 is 0. The molecular weight excluding hydrogens is 243 g/mol. The molecule has 1 amide bonds. The zero-order chi connectivity index (χ0) is 13.7. The molecule has 0 saturated carbocycles. The molecule has 2 aromatic rings. The average Bonchev–Trinajstić information content (AvgIpc) is 2.41. The fraction of sp³-hybridized carbons (Fsp3) is 0.0667. The van der Waals surface area contributed by atoms with E-state index in [0.29, 0.717) is 11.1 Å². The van der Waals surface area contributed by atoms with E-state index >= 15 is 0 Å². The first-order valence-corrected chi connectivity index (χ1v) is 5.81. The molecule has 96 valence electrons. The molecule has 19 heavy (non-hydrogen) atoms. The number of nitrogens with one attached hydrogen (secondary N) is 1. The summed E-state index contributed by atoms with van der Waals surface area (Å²) in [5.41, 5.74) is 4.70. The predicted octanol–water partition coefficient (Wildman–Crippen LogP) is 2.90. The van der Waals surface area contributed by atoms with Crippen LogP contribution in [0, 0.1) is 12.7 Å². The number of amides is 1. The average molecular weight is 256 g/mol.